The normalized spacial score (nSPS) is 33.5. The highest BCUT2D eigenvalue weighted by Gasteiger charge is 2.55. The zero-order valence-electron chi connectivity index (χ0n) is 11.0. The van der Waals surface area contributed by atoms with Crippen molar-refractivity contribution in [3.63, 3.8) is 0 Å². The monoisotopic (exact) mass is 305 g/mol. The van der Waals surface area contributed by atoms with Crippen LogP contribution in [0.25, 0.3) is 0 Å². The average Bonchev–Trinajstić information content (AvgIpc) is 2.72. The number of aliphatic hydroxyl groups excluding tert-OH is 2. The van der Waals surface area contributed by atoms with Crippen molar-refractivity contribution in [1.29, 1.82) is 5.41 Å². The van der Waals surface area contributed by atoms with Gasteiger partial charge in [0.05, 0.1) is 12.5 Å². The number of aryl methyl sites for hydroxylation is 1. The van der Waals surface area contributed by atoms with Crippen molar-refractivity contribution in [1.82, 2.24) is 9.55 Å². The van der Waals surface area contributed by atoms with Crippen molar-refractivity contribution < 1.29 is 19.3 Å². The molecule has 1 saturated heterocycles. The van der Waals surface area contributed by atoms with Crippen LogP contribution in [0, 0.1) is 5.41 Å². The van der Waals surface area contributed by atoms with Gasteiger partial charge in [0.1, 0.15) is 23.0 Å². The van der Waals surface area contributed by atoms with Crippen LogP contribution in [-0.2, 0) is 11.2 Å². The predicted octanol–water partition coefficient (Wildman–Crippen LogP) is 0.123. The second kappa shape index (κ2) is 5.77. The van der Waals surface area contributed by atoms with E-state index in [9.17, 15) is 14.6 Å². The molecule has 0 saturated carbocycles. The molecule has 2 rings (SSSR count). The van der Waals surface area contributed by atoms with Crippen LogP contribution in [0.5, 0.6) is 0 Å². The second-order valence-electron chi connectivity index (χ2n) is 4.74. The molecule has 0 radical (unpaired) electrons. The van der Waals surface area contributed by atoms with E-state index >= 15 is 0 Å². The van der Waals surface area contributed by atoms with Gasteiger partial charge in [0.2, 0.25) is 0 Å². The van der Waals surface area contributed by atoms with Crippen LogP contribution in [0.15, 0.2) is 12.3 Å². The first-order valence-electron chi connectivity index (χ1n) is 6.28. The maximum atomic E-state index is 14.3. The highest BCUT2D eigenvalue weighted by molar-refractivity contribution is 6.18. The van der Waals surface area contributed by atoms with Gasteiger partial charge in [-0.15, -0.1) is 11.6 Å². The number of nitrogens with zero attached hydrogens (tertiary/aromatic N) is 2. The van der Waals surface area contributed by atoms with Crippen molar-refractivity contribution in [2.75, 3.05) is 12.5 Å². The number of aliphatic hydroxyl groups is 2. The smallest absolute Gasteiger partial charge is 0.174 e. The number of aromatic nitrogens is 2. The zero-order valence-corrected chi connectivity index (χ0v) is 11.7. The van der Waals surface area contributed by atoms with Gasteiger partial charge in [-0.05, 0) is 6.07 Å². The molecule has 6 nitrogen and oxygen atoms in total. The molecule has 112 valence electrons. The van der Waals surface area contributed by atoms with E-state index in [4.69, 9.17) is 21.7 Å². The molecule has 1 aliphatic rings. The molecule has 4 unspecified atom stereocenters. The SMILES string of the molecule is CCc1nc(=N)ccn1C1OC(CO)(CCl)C(O)C1F. The van der Waals surface area contributed by atoms with E-state index in [2.05, 4.69) is 4.98 Å². The fourth-order valence-electron chi connectivity index (χ4n) is 2.28. The molecule has 1 fully saturated rings. The van der Waals surface area contributed by atoms with E-state index in [0.29, 0.717) is 12.2 Å². The lowest BCUT2D eigenvalue weighted by atomic mass is 9.99. The molecule has 1 aromatic rings. The molecule has 0 amide bonds. The fourth-order valence-corrected chi connectivity index (χ4v) is 2.59. The van der Waals surface area contributed by atoms with Gasteiger partial charge < -0.3 is 19.5 Å². The fraction of sp³-hybridized carbons (Fsp3) is 0.667. The first-order chi connectivity index (χ1) is 9.49. The lowest BCUT2D eigenvalue weighted by Gasteiger charge is -2.27. The van der Waals surface area contributed by atoms with E-state index < -0.39 is 30.7 Å². The summed E-state index contributed by atoms with van der Waals surface area (Å²) in [7, 11) is 0. The molecule has 4 atom stereocenters. The number of ether oxygens (including phenoxy) is 1. The molecular weight excluding hydrogens is 289 g/mol. The Morgan fingerprint density at radius 3 is 2.85 bits per heavy atom. The van der Waals surface area contributed by atoms with Crippen LogP contribution in [0.3, 0.4) is 0 Å². The zero-order chi connectivity index (χ0) is 14.9. The molecule has 20 heavy (non-hydrogen) atoms. The quantitative estimate of drug-likeness (QED) is 0.689. The minimum atomic E-state index is -1.74. The average molecular weight is 306 g/mol. The van der Waals surface area contributed by atoms with Crippen LogP contribution in [0.1, 0.15) is 19.0 Å². The van der Waals surface area contributed by atoms with E-state index in [1.54, 1.807) is 0 Å². The van der Waals surface area contributed by atoms with Crippen molar-refractivity contribution >= 4 is 11.6 Å². The third-order valence-corrected chi connectivity index (χ3v) is 3.95. The van der Waals surface area contributed by atoms with Gasteiger partial charge in [-0.1, -0.05) is 6.92 Å². The van der Waals surface area contributed by atoms with Gasteiger partial charge in [-0.2, -0.15) is 0 Å². The minimum Gasteiger partial charge on any atom is -0.393 e. The second-order valence-corrected chi connectivity index (χ2v) is 5.01. The summed E-state index contributed by atoms with van der Waals surface area (Å²) in [4.78, 5) is 4.00. The Kier molecular flexibility index (Phi) is 4.43. The van der Waals surface area contributed by atoms with Crippen LogP contribution in [0.4, 0.5) is 4.39 Å². The van der Waals surface area contributed by atoms with Crippen molar-refractivity contribution in [3.05, 3.63) is 23.6 Å². The van der Waals surface area contributed by atoms with Crippen molar-refractivity contribution in [2.24, 2.45) is 0 Å². The third kappa shape index (κ3) is 2.35. The van der Waals surface area contributed by atoms with Crippen LogP contribution >= 0.6 is 11.6 Å². The van der Waals surface area contributed by atoms with Gasteiger partial charge in [0.15, 0.2) is 12.4 Å². The van der Waals surface area contributed by atoms with Crippen LogP contribution in [0.2, 0.25) is 0 Å². The summed E-state index contributed by atoms with van der Waals surface area (Å²) in [5.41, 5.74) is -1.46. The molecule has 2 heterocycles. The Morgan fingerprint density at radius 1 is 1.65 bits per heavy atom. The summed E-state index contributed by atoms with van der Waals surface area (Å²) in [6.45, 7) is 1.23. The standard InChI is InChI=1S/C12H17ClFN3O3/c1-2-8-16-7(15)3-4-17(8)11-9(14)10(19)12(5-13,6-18)20-11/h3-4,9-11,15,18-19H,2,5-6H2,1H3. The Bertz CT molecular complexity index is 535. The summed E-state index contributed by atoms with van der Waals surface area (Å²) in [5, 5.41) is 26.8. The molecule has 3 N–H and O–H groups in total. The molecule has 0 bridgehead atoms. The molecule has 1 aliphatic heterocycles. The third-order valence-electron chi connectivity index (χ3n) is 3.49. The number of alkyl halides is 2. The van der Waals surface area contributed by atoms with Crippen molar-refractivity contribution in [3.8, 4) is 0 Å². The number of hydrogen-bond acceptors (Lipinski definition) is 5. The maximum absolute atomic E-state index is 14.3. The first-order valence-corrected chi connectivity index (χ1v) is 6.82. The summed E-state index contributed by atoms with van der Waals surface area (Å²) < 4.78 is 21.2. The highest BCUT2D eigenvalue weighted by atomic mass is 35.5. The predicted molar refractivity (Wildman–Crippen MR) is 69.0 cm³/mol. The topological polar surface area (TPSA) is 91.4 Å². The van der Waals surface area contributed by atoms with Gasteiger partial charge in [0, 0.05) is 12.6 Å². The summed E-state index contributed by atoms with van der Waals surface area (Å²) in [5.74, 6) is 0.230. The van der Waals surface area contributed by atoms with Gasteiger partial charge in [-0.25, -0.2) is 9.37 Å². The molecule has 0 aliphatic carbocycles. The Labute approximate surface area is 120 Å². The Hall–Kier alpha value is -1.02. The highest BCUT2D eigenvalue weighted by Crippen LogP contribution is 2.39. The Morgan fingerprint density at radius 2 is 2.35 bits per heavy atom. The van der Waals surface area contributed by atoms with E-state index in [1.165, 1.54) is 16.8 Å². The summed E-state index contributed by atoms with van der Waals surface area (Å²) >= 11 is 5.71. The van der Waals surface area contributed by atoms with Gasteiger partial charge >= 0.3 is 0 Å². The number of hydrogen-bond donors (Lipinski definition) is 3. The number of rotatable bonds is 4. The number of halogens is 2. The number of nitrogens with one attached hydrogen (secondary N) is 1. The van der Waals surface area contributed by atoms with E-state index in [1.807, 2.05) is 6.92 Å². The first kappa shape index (κ1) is 15.4. The van der Waals surface area contributed by atoms with E-state index in [-0.39, 0.29) is 11.4 Å². The summed E-state index contributed by atoms with van der Waals surface area (Å²) in [6.07, 6.45) is -2.43. The Balaban J connectivity index is 2.42. The van der Waals surface area contributed by atoms with Gasteiger partial charge in [0.25, 0.3) is 0 Å². The molecule has 8 heteroatoms. The molecule has 0 aromatic carbocycles. The molecule has 1 aromatic heterocycles. The summed E-state index contributed by atoms with van der Waals surface area (Å²) in [6, 6.07) is 1.40. The van der Waals surface area contributed by atoms with Crippen molar-refractivity contribution in [2.45, 2.75) is 37.4 Å². The van der Waals surface area contributed by atoms with E-state index in [0.717, 1.165) is 0 Å². The van der Waals surface area contributed by atoms with Gasteiger partial charge in [-0.3, -0.25) is 5.41 Å². The largest absolute Gasteiger partial charge is 0.393 e. The molecule has 0 spiro atoms. The maximum Gasteiger partial charge on any atom is 0.174 e. The minimum absolute atomic E-state index is 0.0674. The van der Waals surface area contributed by atoms with Crippen LogP contribution < -0.4 is 5.49 Å². The lowest BCUT2D eigenvalue weighted by molar-refractivity contribution is -0.114. The lowest BCUT2D eigenvalue weighted by Crippen LogP contribution is -2.47. The molecular formula is C12H17ClFN3O3. The van der Waals surface area contributed by atoms with Crippen LogP contribution in [-0.4, -0.2) is 50.1 Å².